The molecule has 1 heterocycles. The molecule has 0 radical (unpaired) electrons. The zero-order valence-corrected chi connectivity index (χ0v) is 10.6. The largest absolute Gasteiger partial charge is 0.366 e. The quantitative estimate of drug-likeness (QED) is 0.824. The van der Waals surface area contributed by atoms with E-state index < -0.39 is 11.6 Å². The number of carbonyl (C=O) groups is 1. The minimum absolute atomic E-state index is 0.142. The fourth-order valence-electron chi connectivity index (χ4n) is 1.58. The van der Waals surface area contributed by atoms with Crippen molar-refractivity contribution in [3.8, 4) is 0 Å². The zero-order valence-electron chi connectivity index (χ0n) is 10.6. The van der Waals surface area contributed by atoms with Crippen LogP contribution in [-0.4, -0.2) is 24.0 Å². The minimum Gasteiger partial charge on any atom is -0.366 e. The number of benzene rings is 1. The molecule has 0 aliphatic heterocycles. The number of aromatic nitrogens is 1. The van der Waals surface area contributed by atoms with E-state index in [-0.39, 0.29) is 11.7 Å². The standard InChI is InChI=1S/C14H13F2N3O/c15-11-5-3-10(4-6-11)14(20)19-9-8-18-13-12(16)2-1-7-17-13/h1-7H,8-9H2,(H,17,18)(H,19,20). The van der Waals surface area contributed by atoms with Crippen molar-refractivity contribution in [2.75, 3.05) is 18.4 Å². The first kappa shape index (κ1) is 13.9. The smallest absolute Gasteiger partial charge is 0.251 e. The van der Waals surface area contributed by atoms with Crippen molar-refractivity contribution in [1.82, 2.24) is 10.3 Å². The molecular weight excluding hydrogens is 264 g/mol. The Morgan fingerprint density at radius 2 is 1.85 bits per heavy atom. The maximum absolute atomic E-state index is 13.2. The molecule has 0 bridgehead atoms. The van der Waals surface area contributed by atoms with Gasteiger partial charge in [-0.2, -0.15) is 0 Å². The Balaban J connectivity index is 1.77. The molecule has 4 nitrogen and oxygen atoms in total. The van der Waals surface area contributed by atoms with Crippen molar-refractivity contribution in [3.63, 3.8) is 0 Å². The normalized spacial score (nSPS) is 10.1. The maximum Gasteiger partial charge on any atom is 0.251 e. The average Bonchev–Trinajstić information content (AvgIpc) is 2.46. The highest BCUT2D eigenvalue weighted by Crippen LogP contribution is 2.07. The minimum atomic E-state index is -0.447. The second-order valence-corrected chi connectivity index (χ2v) is 4.02. The summed E-state index contributed by atoms with van der Waals surface area (Å²) in [6.07, 6.45) is 1.47. The summed E-state index contributed by atoms with van der Waals surface area (Å²) in [7, 11) is 0. The lowest BCUT2D eigenvalue weighted by molar-refractivity contribution is 0.0955. The number of anilines is 1. The third-order valence-electron chi connectivity index (χ3n) is 2.57. The van der Waals surface area contributed by atoms with Crippen LogP contribution in [0.1, 0.15) is 10.4 Å². The molecule has 0 saturated carbocycles. The molecule has 0 aliphatic rings. The highest BCUT2D eigenvalue weighted by atomic mass is 19.1. The van der Waals surface area contributed by atoms with Crippen LogP contribution in [0.15, 0.2) is 42.6 Å². The maximum atomic E-state index is 13.2. The van der Waals surface area contributed by atoms with E-state index in [0.29, 0.717) is 18.7 Å². The lowest BCUT2D eigenvalue weighted by Gasteiger charge is -2.07. The molecule has 2 aromatic rings. The number of nitrogens with zero attached hydrogens (tertiary/aromatic N) is 1. The van der Waals surface area contributed by atoms with Crippen LogP contribution in [0.5, 0.6) is 0 Å². The Morgan fingerprint density at radius 3 is 2.55 bits per heavy atom. The average molecular weight is 277 g/mol. The molecule has 2 N–H and O–H groups in total. The lowest BCUT2D eigenvalue weighted by Crippen LogP contribution is -2.29. The highest BCUT2D eigenvalue weighted by molar-refractivity contribution is 5.94. The Hall–Kier alpha value is -2.50. The molecule has 1 aromatic carbocycles. The molecule has 0 unspecified atom stereocenters. The summed E-state index contributed by atoms with van der Waals surface area (Å²) in [5.41, 5.74) is 0.371. The first-order valence-corrected chi connectivity index (χ1v) is 6.05. The van der Waals surface area contributed by atoms with Crippen LogP contribution in [-0.2, 0) is 0 Å². The number of amides is 1. The molecule has 0 atom stereocenters. The Bertz CT molecular complexity index is 587. The molecule has 0 aliphatic carbocycles. The fraction of sp³-hybridized carbons (Fsp3) is 0.143. The molecule has 6 heteroatoms. The van der Waals surface area contributed by atoms with E-state index in [1.165, 1.54) is 42.6 Å². The summed E-state index contributed by atoms with van der Waals surface area (Å²) < 4.78 is 25.9. The Kier molecular flexibility index (Phi) is 4.60. The van der Waals surface area contributed by atoms with Gasteiger partial charge < -0.3 is 10.6 Å². The van der Waals surface area contributed by atoms with Gasteiger partial charge in [-0.05, 0) is 36.4 Å². The number of pyridine rings is 1. The van der Waals surface area contributed by atoms with E-state index in [1.54, 1.807) is 0 Å². The first-order chi connectivity index (χ1) is 9.66. The van der Waals surface area contributed by atoms with E-state index >= 15 is 0 Å². The number of nitrogens with one attached hydrogen (secondary N) is 2. The van der Waals surface area contributed by atoms with Crippen molar-refractivity contribution in [2.24, 2.45) is 0 Å². The van der Waals surface area contributed by atoms with Crippen LogP contribution in [0.4, 0.5) is 14.6 Å². The van der Waals surface area contributed by atoms with Gasteiger partial charge in [0.25, 0.3) is 5.91 Å². The van der Waals surface area contributed by atoms with Gasteiger partial charge in [0.15, 0.2) is 11.6 Å². The SMILES string of the molecule is O=C(NCCNc1ncccc1F)c1ccc(F)cc1. The number of carbonyl (C=O) groups excluding carboxylic acids is 1. The number of rotatable bonds is 5. The monoisotopic (exact) mass is 277 g/mol. The summed E-state index contributed by atoms with van der Waals surface area (Å²) in [5, 5.41) is 5.40. The summed E-state index contributed by atoms with van der Waals surface area (Å²) in [6.45, 7) is 0.632. The summed E-state index contributed by atoms with van der Waals surface area (Å²) in [5.74, 6) is -1.01. The molecule has 104 valence electrons. The van der Waals surface area contributed by atoms with E-state index in [0.717, 1.165) is 0 Å². The van der Waals surface area contributed by atoms with Crippen LogP contribution in [0.3, 0.4) is 0 Å². The molecule has 0 fully saturated rings. The topological polar surface area (TPSA) is 54.0 Å². The van der Waals surface area contributed by atoms with Crippen LogP contribution in [0.25, 0.3) is 0 Å². The molecule has 1 amide bonds. The van der Waals surface area contributed by atoms with Crippen LogP contribution in [0.2, 0.25) is 0 Å². The summed E-state index contributed by atoms with van der Waals surface area (Å²) >= 11 is 0. The van der Waals surface area contributed by atoms with Crippen molar-refractivity contribution >= 4 is 11.7 Å². The van der Waals surface area contributed by atoms with Gasteiger partial charge in [0.1, 0.15) is 5.82 Å². The lowest BCUT2D eigenvalue weighted by atomic mass is 10.2. The van der Waals surface area contributed by atoms with Gasteiger partial charge in [0.05, 0.1) is 0 Å². The summed E-state index contributed by atoms with van der Waals surface area (Å²) in [4.78, 5) is 15.5. The zero-order chi connectivity index (χ0) is 14.4. The summed E-state index contributed by atoms with van der Waals surface area (Å²) in [6, 6.07) is 8.03. The number of hydrogen-bond acceptors (Lipinski definition) is 3. The molecular formula is C14H13F2N3O. The van der Waals surface area contributed by atoms with Crippen molar-refractivity contribution in [1.29, 1.82) is 0 Å². The second-order valence-electron chi connectivity index (χ2n) is 4.02. The molecule has 2 rings (SSSR count). The van der Waals surface area contributed by atoms with Crippen molar-refractivity contribution in [2.45, 2.75) is 0 Å². The predicted octanol–water partition coefficient (Wildman–Crippen LogP) is 2.20. The molecule has 0 spiro atoms. The van der Waals surface area contributed by atoms with Crippen LogP contribution >= 0.6 is 0 Å². The van der Waals surface area contributed by atoms with Gasteiger partial charge in [0.2, 0.25) is 0 Å². The molecule has 0 saturated heterocycles. The highest BCUT2D eigenvalue weighted by Gasteiger charge is 2.05. The van der Waals surface area contributed by atoms with Crippen LogP contribution in [0, 0.1) is 11.6 Å². The van der Waals surface area contributed by atoms with Crippen molar-refractivity contribution in [3.05, 3.63) is 59.8 Å². The van der Waals surface area contributed by atoms with Crippen molar-refractivity contribution < 1.29 is 13.6 Å². The van der Waals surface area contributed by atoms with Gasteiger partial charge in [-0.25, -0.2) is 13.8 Å². The van der Waals surface area contributed by atoms with E-state index in [4.69, 9.17) is 0 Å². The van der Waals surface area contributed by atoms with Gasteiger partial charge in [-0.15, -0.1) is 0 Å². The third kappa shape index (κ3) is 3.74. The number of hydrogen-bond donors (Lipinski definition) is 2. The van der Waals surface area contributed by atoms with E-state index in [2.05, 4.69) is 15.6 Å². The van der Waals surface area contributed by atoms with Gasteiger partial charge >= 0.3 is 0 Å². The Morgan fingerprint density at radius 1 is 1.10 bits per heavy atom. The third-order valence-corrected chi connectivity index (χ3v) is 2.57. The van der Waals surface area contributed by atoms with Gasteiger partial charge in [0, 0.05) is 24.8 Å². The van der Waals surface area contributed by atoms with E-state index in [9.17, 15) is 13.6 Å². The predicted molar refractivity (Wildman–Crippen MR) is 71.4 cm³/mol. The van der Waals surface area contributed by atoms with Crippen LogP contribution < -0.4 is 10.6 Å². The fourth-order valence-corrected chi connectivity index (χ4v) is 1.58. The number of halogens is 2. The molecule has 20 heavy (non-hydrogen) atoms. The Labute approximate surface area is 114 Å². The van der Waals surface area contributed by atoms with Gasteiger partial charge in [-0.3, -0.25) is 4.79 Å². The molecule has 1 aromatic heterocycles. The second kappa shape index (κ2) is 6.60. The van der Waals surface area contributed by atoms with Gasteiger partial charge in [-0.1, -0.05) is 0 Å². The van der Waals surface area contributed by atoms with E-state index in [1.807, 2.05) is 0 Å². The first-order valence-electron chi connectivity index (χ1n) is 6.05.